The minimum atomic E-state index is -1.97. The van der Waals surface area contributed by atoms with Crippen LogP contribution in [0.3, 0.4) is 0 Å². The minimum Gasteiger partial charge on any atom is -0.465 e. The maximum Gasteiger partial charge on any atom is 0.337 e. The number of likely N-dealkylation sites (N-methyl/N-ethyl adjacent to an activating group) is 1. The molecular weight excluding hydrogens is 721 g/mol. The molecule has 0 radical (unpaired) electrons. The Kier molecular flexibility index (Phi) is 14.9. The highest BCUT2D eigenvalue weighted by Gasteiger charge is 2.38. The summed E-state index contributed by atoms with van der Waals surface area (Å²) in [5, 5.41) is 3.73. The van der Waals surface area contributed by atoms with Crippen LogP contribution in [0.4, 0.5) is 0 Å². The lowest BCUT2D eigenvalue weighted by Crippen LogP contribution is -2.56. The highest BCUT2D eigenvalue weighted by atomic mass is 28.4. The van der Waals surface area contributed by atoms with Gasteiger partial charge in [0.1, 0.15) is 5.82 Å². The van der Waals surface area contributed by atoms with E-state index >= 15 is 0 Å². The molecule has 0 spiro atoms. The second kappa shape index (κ2) is 19.2. The van der Waals surface area contributed by atoms with E-state index in [1.54, 1.807) is 24.4 Å². The number of H-pyrrole nitrogens is 1. The molecule has 5 rings (SSSR count). The fourth-order valence-corrected chi connectivity index (χ4v) is 8.40. The van der Waals surface area contributed by atoms with Gasteiger partial charge in [0.2, 0.25) is 5.91 Å². The van der Waals surface area contributed by atoms with Crippen molar-refractivity contribution < 1.29 is 23.5 Å². The molecule has 2 unspecified atom stereocenters. The third kappa shape index (κ3) is 10.4. The summed E-state index contributed by atoms with van der Waals surface area (Å²) in [6, 6.07) is 10.7. The third-order valence-electron chi connectivity index (χ3n) is 12.1. The van der Waals surface area contributed by atoms with Crippen molar-refractivity contribution in [2.75, 3.05) is 60.0 Å². The monoisotopic (exact) mass is 786 g/mol. The van der Waals surface area contributed by atoms with E-state index in [1.165, 1.54) is 7.11 Å². The van der Waals surface area contributed by atoms with Gasteiger partial charge in [-0.3, -0.25) is 14.5 Å². The van der Waals surface area contributed by atoms with Gasteiger partial charge in [-0.1, -0.05) is 65.7 Å². The zero-order valence-corrected chi connectivity index (χ0v) is 36.4. The number of imidazole rings is 1. The number of carbonyl (C=O) groups is 3. The standard InChI is InChI=1S/C44H66N6O5Si/c1-10-12-19-50(20-13-11-2)42(52)39(49-23-21-48(6)22-24-49)27-33-29-46-41(47-33)36-18-17-31(43(53)54-7)25-38(36)40(51)35-16-14-15-32-28-45-34(26-37(32)35)30-55-56(8,9)44(3,4)5/h14-18,25,29,34,39,45H,10-13,19-24,26-28,30H2,1-9H3,(H,46,47). The van der Waals surface area contributed by atoms with Gasteiger partial charge in [0.25, 0.3) is 0 Å². The van der Waals surface area contributed by atoms with Crippen molar-refractivity contribution in [3.63, 3.8) is 0 Å². The first kappa shape index (κ1) is 43.4. The SMILES string of the molecule is CCCCN(CCCC)C(=O)C(Cc1cnc(-c2ccc(C(=O)OC)cc2C(=O)c2cccc3c2CC(CO[Si](C)(C)C(C)(C)C)NC3)[nH]1)N1CCN(C)CC1. The molecule has 0 saturated carbocycles. The average molecular weight is 787 g/mol. The number of rotatable bonds is 17. The maximum absolute atomic E-state index is 14.8. The van der Waals surface area contributed by atoms with Gasteiger partial charge in [-0.15, -0.1) is 0 Å². The van der Waals surface area contributed by atoms with Crippen molar-refractivity contribution in [3.05, 3.63) is 76.1 Å². The molecule has 3 aromatic rings. The Morgan fingerprint density at radius 3 is 2.34 bits per heavy atom. The van der Waals surface area contributed by atoms with Crippen LogP contribution in [-0.2, 0) is 33.3 Å². The van der Waals surface area contributed by atoms with Crippen LogP contribution in [0.5, 0.6) is 0 Å². The molecule has 1 fully saturated rings. The summed E-state index contributed by atoms with van der Waals surface area (Å²) < 4.78 is 11.7. The average Bonchev–Trinajstić information content (AvgIpc) is 3.66. The number of carbonyl (C=O) groups excluding carboxylic acids is 3. The second-order valence-electron chi connectivity index (χ2n) is 17.2. The van der Waals surface area contributed by atoms with E-state index in [2.05, 4.69) is 85.8 Å². The van der Waals surface area contributed by atoms with E-state index in [1.807, 2.05) is 12.1 Å². The number of benzene rings is 2. The van der Waals surface area contributed by atoms with Gasteiger partial charge in [0.05, 0.1) is 18.7 Å². The number of nitrogens with one attached hydrogen (secondary N) is 2. The Morgan fingerprint density at radius 2 is 1.70 bits per heavy atom. The minimum absolute atomic E-state index is 0.0647. The molecule has 1 aromatic heterocycles. The quantitative estimate of drug-likeness (QED) is 0.0874. The van der Waals surface area contributed by atoms with Gasteiger partial charge in [0.15, 0.2) is 14.1 Å². The first-order chi connectivity index (χ1) is 26.7. The summed E-state index contributed by atoms with van der Waals surface area (Å²) >= 11 is 0. The van der Waals surface area contributed by atoms with Crippen LogP contribution in [0.15, 0.2) is 42.6 Å². The first-order valence-corrected chi connectivity index (χ1v) is 23.6. The molecule has 306 valence electrons. The molecule has 2 aromatic carbocycles. The van der Waals surface area contributed by atoms with E-state index in [-0.39, 0.29) is 28.8 Å². The number of fused-ring (bicyclic) bond motifs is 1. The summed E-state index contributed by atoms with van der Waals surface area (Å²) in [6.07, 6.45) is 6.93. The fraction of sp³-hybridized carbons (Fsp3) is 0.591. The van der Waals surface area contributed by atoms with Gasteiger partial charge in [0, 0.05) is 93.5 Å². The number of unbranched alkanes of at least 4 members (excludes halogenated alkanes) is 2. The normalized spacial score (nSPS) is 17.3. The Bertz CT molecular complexity index is 1800. The number of aromatic amines is 1. The molecule has 2 N–H and O–H groups in total. The van der Waals surface area contributed by atoms with E-state index in [4.69, 9.17) is 14.1 Å². The molecule has 2 aliphatic heterocycles. The third-order valence-corrected chi connectivity index (χ3v) is 16.6. The molecule has 3 heterocycles. The number of amides is 1. The molecule has 1 amide bonds. The number of esters is 1. The van der Waals surface area contributed by atoms with Crippen molar-refractivity contribution in [3.8, 4) is 11.4 Å². The van der Waals surface area contributed by atoms with E-state index in [0.29, 0.717) is 54.1 Å². The molecule has 11 nitrogen and oxygen atoms in total. The number of ketones is 1. The van der Waals surface area contributed by atoms with Gasteiger partial charge >= 0.3 is 5.97 Å². The second-order valence-corrected chi connectivity index (χ2v) is 22.0. The summed E-state index contributed by atoms with van der Waals surface area (Å²) in [6.45, 7) is 21.7. The first-order valence-electron chi connectivity index (χ1n) is 20.7. The van der Waals surface area contributed by atoms with Crippen molar-refractivity contribution in [1.82, 2.24) is 30.0 Å². The number of hydrogen-bond acceptors (Lipinski definition) is 9. The highest BCUT2D eigenvalue weighted by molar-refractivity contribution is 6.74. The van der Waals surface area contributed by atoms with Crippen molar-refractivity contribution in [2.45, 2.75) is 110 Å². The smallest absolute Gasteiger partial charge is 0.337 e. The maximum atomic E-state index is 14.8. The lowest BCUT2D eigenvalue weighted by molar-refractivity contribution is -0.138. The predicted molar refractivity (Wildman–Crippen MR) is 226 cm³/mol. The van der Waals surface area contributed by atoms with Crippen LogP contribution in [0.2, 0.25) is 18.1 Å². The van der Waals surface area contributed by atoms with Crippen molar-refractivity contribution in [2.24, 2.45) is 0 Å². The topological polar surface area (TPSA) is 120 Å². The molecular formula is C44H66N6O5Si. The Balaban J connectivity index is 1.46. The predicted octanol–water partition coefficient (Wildman–Crippen LogP) is 6.72. The van der Waals surface area contributed by atoms with Crippen LogP contribution in [0.25, 0.3) is 11.4 Å². The molecule has 12 heteroatoms. The zero-order valence-electron chi connectivity index (χ0n) is 35.4. The number of aromatic nitrogens is 2. The van der Waals surface area contributed by atoms with Gasteiger partial charge in [-0.05, 0) is 73.8 Å². The summed E-state index contributed by atoms with van der Waals surface area (Å²) in [5.41, 5.74) is 4.76. The van der Waals surface area contributed by atoms with Crippen LogP contribution in [0, 0.1) is 0 Å². The van der Waals surface area contributed by atoms with E-state index in [9.17, 15) is 14.4 Å². The van der Waals surface area contributed by atoms with Gasteiger partial charge in [-0.2, -0.15) is 0 Å². The number of piperazine rings is 1. The van der Waals surface area contributed by atoms with Crippen LogP contribution < -0.4 is 5.32 Å². The molecule has 0 aliphatic carbocycles. The lowest BCUT2D eigenvalue weighted by Gasteiger charge is -2.39. The summed E-state index contributed by atoms with van der Waals surface area (Å²) in [4.78, 5) is 56.9. The number of methoxy groups -OCH3 is 1. The lowest BCUT2D eigenvalue weighted by atomic mass is 9.87. The van der Waals surface area contributed by atoms with Crippen LogP contribution in [-0.4, -0.2) is 123 Å². The van der Waals surface area contributed by atoms with Crippen LogP contribution >= 0.6 is 0 Å². The van der Waals surface area contributed by atoms with Crippen molar-refractivity contribution in [1.29, 1.82) is 0 Å². The number of ether oxygens (including phenoxy) is 1. The van der Waals surface area contributed by atoms with E-state index < -0.39 is 14.3 Å². The molecule has 1 saturated heterocycles. The molecule has 0 bridgehead atoms. The molecule has 56 heavy (non-hydrogen) atoms. The summed E-state index contributed by atoms with van der Waals surface area (Å²) in [5.74, 6) is -0.0101. The van der Waals surface area contributed by atoms with Crippen molar-refractivity contribution >= 4 is 26.0 Å². The fourth-order valence-electron chi connectivity index (χ4n) is 7.35. The van der Waals surface area contributed by atoms with Gasteiger partial charge in [-0.25, -0.2) is 9.78 Å². The zero-order chi connectivity index (χ0) is 40.6. The largest absolute Gasteiger partial charge is 0.465 e. The molecule has 2 atom stereocenters. The number of hydrogen-bond donors (Lipinski definition) is 2. The van der Waals surface area contributed by atoms with E-state index in [0.717, 1.165) is 81.8 Å². The number of nitrogens with zero attached hydrogens (tertiary/aromatic N) is 4. The van der Waals surface area contributed by atoms with Gasteiger partial charge < -0.3 is 29.3 Å². The highest BCUT2D eigenvalue weighted by Crippen LogP contribution is 2.37. The Hall–Kier alpha value is -3.68. The van der Waals surface area contributed by atoms with Crippen LogP contribution in [0.1, 0.15) is 103 Å². The Morgan fingerprint density at radius 1 is 1.00 bits per heavy atom. The molecule has 2 aliphatic rings. The summed E-state index contributed by atoms with van der Waals surface area (Å²) in [7, 11) is 1.50. The Labute approximate surface area is 336 Å².